The Hall–Kier alpha value is -3.02. The van der Waals surface area contributed by atoms with Gasteiger partial charge in [0.2, 0.25) is 0 Å². The largest absolute Gasteiger partial charge is 0.486 e. The minimum Gasteiger partial charge on any atom is -0.486 e. The van der Waals surface area contributed by atoms with Crippen LogP contribution in [0.2, 0.25) is 0 Å². The zero-order valence-corrected chi connectivity index (χ0v) is 12.9. The highest BCUT2D eigenvalue weighted by Crippen LogP contribution is 2.34. The number of aliphatic carboxylic acids is 1. The van der Waals surface area contributed by atoms with Gasteiger partial charge in [-0.1, -0.05) is 36.4 Å². The molecule has 0 unspecified atom stereocenters. The van der Waals surface area contributed by atoms with E-state index in [1.54, 1.807) is 42.5 Å². The number of amides is 1. The minimum atomic E-state index is -0.987. The molecule has 2 aromatic rings. The van der Waals surface area contributed by atoms with Crippen LogP contribution in [0.4, 0.5) is 0 Å². The zero-order valence-electron chi connectivity index (χ0n) is 12.9. The molecule has 1 aliphatic rings. The van der Waals surface area contributed by atoms with E-state index in [1.165, 1.54) is 0 Å². The van der Waals surface area contributed by atoms with E-state index < -0.39 is 17.9 Å². The first-order valence-electron chi connectivity index (χ1n) is 7.61. The van der Waals surface area contributed by atoms with Crippen molar-refractivity contribution in [2.75, 3.05) is 13.2 Å². The maximum absolute atomic E-state index is 12.6. The number of carboxylic acid groups (broad SMARTS) is 1. The van der Waals surface area contributed by atoms with Crippen molar-refractivity contribution in [3.63, 3.8) is 0 Å². The summed E-state index contributed by atoms with van der Waals surface area (Å²) in [7, 11) is 0. The van der Waals surface area contributed by atoms with Gasteiger partial charge in [-0.15, -0.1) is 0 Å². The fourth-order valence-electron chi connectivity index (χ4n) is 2.60. The highest BCUT2D eigenvalue weighted by atomic mass is 16.6. The normalized spacial score (nSPS) is 13.8. The van der Waals surface area contributed by atoms with Gasteiger partial charge in [-0.3, -0.25) is 9.59 Å². The summed E-state index contributed by atoms with van der Waals surface area (Å²) in [4.78, 5) is 23.8. The second kappa shape index (κ2) is 7.04. The van der Waals surface area contributed by atoms with Gasteiger partial charge in [0.15, 0.2) is 11.5 Å². The molecule has 0 saturated carbocycles. The van der Waals surface area contributed by atoms with Crippen LogP contribution in [0.25, 0.3) is 0 Å². The average molecular weight is 327 g/mol. The number of nitrogens with one attached hydrogen (secondary N) is 1. The summed E-state index contributed by atoms with van der Waals surface area (Å²) in [5.74, 6) is -0.474. The Morgan fingerprint density at radius 2 is 1.79 bits per heavy atom. The summed E-state index contributed by atoms with van der Waals surface area (Å²) in [5.41, 5.74) is 1.06. The summed E-state index contributed by atoms with van der Waals surface area (Å²) in [6.45, 7) is 0.804. The van der Waals surface area contributed by atoms with Crippen LogP contribution in [0.3, 0.4) is 0 Å². The summed E-state index contributed by atoms with van der Waals surface area (Å²) in [6, 6.07) is 13.5. The third kappa shape index (κ3) is 3.48. The Bertz CT molecular complexity index is 744. The predicted molar refractivity (Wildman–Crippen MR) is 86.3 cm³/mol. The molecule has 0 bridgehead atoms. The van der Waals surface area contributed by atoms with E-state index in [0.717, 1.165) is 5.56 Å². The number of hydrogen-bond acceptors (Lipinski definition) is 4. The smallest absolute Gasteiger partial charge is 0.305 e. The average Bonchev–Trinajstić information content (AvgIpc) is 2.61. The topological polar surface area (TPSA) is 84.9 Å². The molecule has 2 N–H and O–H groups in total. The zero-order chi connectivity index (χ0) is 16.9. The van der Waals surface area contributed by atoms with Gasteiger partial charge in [-0.05, 0) is 17.7 Å². The molecule has 6 nitrogen and oxygen atoms in total. The van der Waals surface area contributed by atoms with Crippen molar-refractivity contribution in [3.05, 3.63) is 59.7 Å². The van der Waals surface area contributed by atoms with Gasteiger partial charge in [0.25, 0.3) is 5.91 Å². The third-order valence-corrected chi connectivity index (χ3v) is 3.70. The second-order valence-corrected chi connectivity index (χ2v) is 5.36. The second-order valence-electron chi connectivity index (χ2n) is 5.36. The number of carboxylic acids is 1. The summed E-state index contributed by atoms with van der Waals surface area (Å²) in [6.07, 6.45) is -0.206. The Morgan fingerprint density at radius 1 is 1.04 bits per heavy atom. The van der Waals surface area contributed by atoms with E-state index in [4.69, 9.17) is 14.6 Å². The molecular formula is C18H17NO5. The highest BCUT2D eigenvalue weighted by molar-refractivity contribution is 5.98. The molecule has 0 saturated heterocycles. The van der Waals surface area contributed by atoms with Crippen LogP contribution >= 0.6 is 0 Å². The lowest BCUT2D eigenvalue weighted by Crippen LogP contribution is -2.31. The maximum atomic E-state index is 12.6. The van der Waals surface area contributed by atoms with E-state index >= 15 is 0 Å². The number of benzene rings is 2. The Balaban J connectivity index is 1.85. The van der Waals surface area contributed by atoms with Crippen molar-refractivity contribution >= 4 is 11.9 Å². The van der Waals surface area contributed by atoms with Crippen molar-refractivity contribution in [3.8, 4) is 11.5 Å². The fourth-order valence-corrected chi connectivity index (χ4v) is 2.60. The third-order valence-electron chi connectivity index (χ3n) is 3.70. The maximum Gasteiger partial charge on any atom is 0.305 e. The summed E-state index contributed by atoms with van der Waals surface area (Å²) >= 11 is 0. The van der Waals surface area contributed by atoms with E-state index in [9.17, 15) is 9.59 Å². The predicted octanol–water partition coefficient (Wildman–Crippen LogP) is 2.40. The van der Waals surface area contributed by atoms with Crippen molar-refractivity contribution < 1.29 is 24.2 Å². The molecule has 0 spiro atoms. The molecule has 2 aromatic carbocycles. The van der Waals surface area contributed by atoms with Crippen molar-refractivity contribution in [2.45, 2.75) is 12.5 Å². The van der Waals surface area contributed by atoms with Gasteiger partial charge in [-0.25, -0.2) is 0 Å². The van der Waals surface area contributed by atoms with Crippen LogP contribution in [0, 0.1) is 0 Å². The lowest BCUT2D eigenvalue weighted by atomic mass is 10.0. The molecule has 1 amide bonds. The highest BCUT2D eigenvalue weighted by Gasteiger charge is 2.24. The first-order chi connectivity index (χ1) is 11.6. The standard InChI is InChI=1S/C18H17NO5/c20-16(21)11-14(12-5-2-1-3-6-12)19-18(22)13-7-4-8-15-17(13)24-10-9-23-15/h1-8,14H,9-11H2,(H,19,22)(H,20,21)/t14-/m1/s1. The van der Waals surface area contributed by atoms with E-state index in [1.807, 2.05) is 6.07 Å². The van der Waals surface area contributed by atoms with Crippen molar-refractivity contribution in [1.29, 1.82) is 0 Å². The van der Waals surface area contributed by atoms with Gasteiger partial charge in [-0.2, -0.15) is 0 Å². The van der Waals surface area contributed by atoms with E-state index in [2.05, 4.69) is 5.32 Å². The molecule has 1 atom stereocenters. The van der Waals surface area contributed by atoms with E-state index in [-0.39, 0.29) is 6.42 Å². The number of rotatable bonds is 5. The Morgan fingerprint density at radius 3 is 2.54 bits per heavy atom. The number of ether oxygens (including phenoxy) is 2. The van der Waals surface area contributed by atoms with Crippen LogP contribution < -0.4 is 14.8 Å². The van der Waals surface area contributed by atoms with Gasteiger partial charge in [0.05, 0.1) is 18.0 Å². The van der Waals surface area contributed by atoms with Crippen molar-refractivity contribution in [2.24, 2.45) is 0 Å². The molecule has 6 heteroatoms. The summed E-state index contributed by atoms with van der Waals surface area (Å²) in [5, 5.41) is 11.9. The molecule has 1 heterocycles. The molecule has 0 aromatic heterocycles. The quantitative estimate of drug-likeness (QED) is 0.881. The SMILES string of the molecule is O=C(O)C[C@@H](NC(=O)c1cccc2c1OCCO2)c1ccccc1. The lowest BCUT2D eigenvalue weighted by molar-refractivity contribution is -0.137. The first-order valence-corrected chi connectivity index (χ1v) is 7.61. The van der Waals surface area contributed by atoms with Gasteiger partial charge in [0, 0.05) is 0 Å². The molecule has 1 aliphatic heterocycles. The molecular weight excluding hydrogens is 310 g/mol. The number of fused-ring (bicyclic) bond motifs is 1. The molecule has 3 rings (SSSR count). The first kappa shape index (κ1) is 15.9. The van der Waals surface area contributed by atoms with E-state index in [0.29, 0.717) is 30.3 Å². The number of carbonyl (C=O) groups excluding carboxylic acids is 1. The number of carbonyl (C=O) groups is 2. The van der Waals surface area contributed by atoms with Crippen LogP contribution in [-0.2, 0) is 4.79 Å². The minimum absolute atomic E-state index is 0.206. The van der Waals surface area contributed by atoms with Crippen LogP contribution in [0.5, 0.6) is 11.5 Å². The molecule has 124 valence electrons. The van der Waals surface area contributed by atoms with Gasteiger partial charge < -0.3 is 19.9 Å². The monoisotopic (exact) mass is 327 g/mol. The lowest BCUT2D eigenvalue weighted by Gasteiger charge is -2.22. The van der Waals surface area contributed by atoms with Crippen LogP contribution in [-0.4, -0.2) is 30.2 Å². The summed E-state index contributed by atoms with van der Waals surface area (Å²) < 4.78 is 11.0. The molecule has 24 heavy (non-hydrogen) atoms. The van der Waals surface area contributed by atoms with Gasteiger partial charge >= 0.3 is 5.97 Å². The fraction of sp³-hybridized carbons (Fsp3) is 0.222. The molecule has 0 aliphatic carbocycles. The Kier molecular flexibility index (Phi) is 4.65. The Labute approximate surface area is 139 Å². The van der Waals surface area contributed by atoms with Gasteiger partial charge in [0.1, 0.15) is 13.2 Å². The molecule has 0 radical (unpaired) electrons. The number of hydrogen-bond donors (Lipinski definition) is 2. The van der Waals surface area contributed by atoms with Crippen molar-refractivity contribution in [1.82, 2.24) is 5.32 Å². The molecule has 0 fully saturated rings. The number of para-hydroxylation sites is 1. The van der Waals surface area contributed by atoms with Crippen LogP contribution in [0.1, 0.15) is 28.4 Å². The van der Waals surface area contributed by atoms with Crippen LogP contribution in [0.15, 0.2) is 48.5 Å².